The van der Waals surface area contributed by atoms with Crippen molar-refractivity contribution in [2.24, 2.45) is 0 Å². The molecule has 0 aromatic heterocycles. The Bertz CT molecular complexity index is 1100. The number of ether oxygens (including phenoxy) is 3. The van der Waals surface area contributed by atoms with E-state index >= 15 is 0 Å². The van der Waals surface area contributed by atoms with Crippen LogP contribution < -0.4 is 30.1 Å². The van der Waals surface area contributed by atoms with Crippen LogP contribution in [0, 0.1) is 0 Å². The molecule has 0 radical (unpaired) electrons. The van der Waals surface area contributed by atoms with Gasteiger partial charge in [-0.05, 0) is 53.5 Å². The van der Waals surface area contributed by atoms with Crippen LogP contribution in [0.1, 0.15) is 11.1 Å². The molecule has 0 aliphatic carbocycles. The van der Waals surface area contributed by atoms with E-state index in [1.165, 1.54) is 21.5 Å². The monoisotopic (exact) mass is 522 g/mol. The highest BCUT2D eigenvalue weighted by Crippen LogP contribution is 2.39. The van der Waals surface area contributed by atoms with Gasteiger partial charge in [0, 0.05) is 0 Å². The van der Waals surface area contributed by atoms with Crippen LogP contribution >= 0.6 is 24.9 Å². The molecule has 0 saturated carbocycles. The molecule has 0 amide bonds. The summed E-state index contributed by atoms with van der Waals surface area (Å²) in [5, 5.41) is 4.03. The van der Waals surface area contributed by atoms with Gasteiger partial charge in [0.05, 0.1) is 21.3 Å². The molecule has 4 aromatic rings. The van der Waals surface area contributed by atoms with Gasteiger partial charge in [0.25, 0.3) is 0 Å². The van der Waals surface area contributed by atoms with Gasteiger partial charge in [-0.15, -0.1) is 17.0 Å². The minimum atomic E-state index is -0.682. The fourth-order valence-electron chi connectivity index (χ4n) is 3.92. The summed E-state index contributed by atoms with van der Waals surface area (Å²) in [6.07, 6.45) is 0.769. The molecule has 33 heavy (non-hydrogen) atoms. The second kappa shape index (κ2) is 11.9. The van der Waals surface area contributed by atoms with E-state index in [2.05, 4.69) is 84.9 Å². The molecule has 4 rings (SSSR count). The summed E-state index contributed by atoms with van der Waals surface area (Å²) < 4.78 is 16.6. The van der Waals surface area contributed by atoms with Crippen molar-refractivity contribution >= 4 is 40.8 Å². The Kier molecular flexibility index (Phi) is 8.94. The first-order chi connectivity index (χ1) is 15.7. The van der Waals surface area contributed by atoms with E-state index in [-0.39, 0.29) is 17.0 Å². The van der Waals surface area contributed by atoms with Gasteiger partial charge in [-0.25, -0.2) is 0 Å². The van der Waals surface area contributed by atoms with Crippen molar-refractivity contribution in [2.45, 2.75) is 6.42 Å². The molecule has 170 valence electrons. The lowest BCUT2D eigenvalue weighted by Gasteiger charge is -2.22. The zero-order chi connectivity index (χ0) is 22.3. The van der Waals surface area contributed by atoms with E-state index < -0.39 is 7.92 Å². The zero-order valence-electron chi connectivity index (χ0n) is 19.0. The molecule has 3 nitrogen and oxygen atoms in total. The largest absolute Gasteiger partial charge is 0.493 e. The van der Waals surface area contributed by atoms with Crippen molar-refractivity contribution in [2.75, 3.05) is 21.3 Å². The molecule has 0 N–H and O–H groups in total. The number of halogens is 1. The van der Waals surface area contributed by atoms with Gasteiger partial charge in [-0.2, -0.15) is 0 Å². The van der Waals surface area contributed by atoms with Crippen LogP contribution in [0.2, 0.25) is 0 Å². The highest BCUT2D eigenvalue weighted by atomic mass is 79.9. The van der Waals surface area contributed by atoms with Crippen LogP contribution in [0.5, 0.6) is 17.2 Å². The van der Waals surface area contributed by atoms with E-state index in [0.717, 1.165) is 12.0 Å². The number of rotatable bonds is 8. The van der Waals surface area contributed by atoms with Gasteiger partial charge < -0.3 is 14.2 Å². The van der Waals surface area contributed by atoms with Crippen molar-refractivity contribution in [1.29, 1.82) is 0 Å². The normalized spacial score (nSPS) is 10.4. The second-order valence-electron chi connectivity index (χ2n) is 7.35. The lowest BCUT2D eigenvalue weighted by atomic mass is 10.0. The Hall–Kier alpha value is -2.81. The summed E-state index contributed by atoms with van der Waals surface area (Å²) in [6, 6.07) is 34.3. The molecule has 5 heteroatoms. The van der Waals surface area contributed by atoms with Crippen molar-refractivity contribution in [3.05, 3.63) is 108 Å². The average molecular weight is 523 g/mol. The Morgan fingerprint density at radius 1 is 0.606 bits per heavy atom. The number of methoxy groups -OCH3 is 3. The SMILES string of the molecule is Br.COc1cc(Cc2ccccc2P(c2ccccc2)c2ccccc2)cc(OC)c1OC. The molecule has 0 spiro atoms. The number of hydrogen-bond donors (Lipinski definition) is 0. The fraction of sp³-hybridized carbons (Fsp3) is 0.143. The van der Waals surface area contributed by atoms with Crippen molar-refractivity contribution < 1.29 is 14.2 Å². The first kappa shape index (κ1) is 24.8. The summed E-state index contributed by atoms with van der Waals surface area (Å²) in [6.45, 7) is 0. The quantitative estimate of drug-likeness (QED) is 0.280. The highest BCUT2D eigenvalue weighted by Gasteiger charge is 2.20. The molecule has 0 bridgehead atoms. The maximum absolute atomic E-state index is 5.57. The first-order valence-electron chi connectivity index (χ1n) is 10.5. The number of benzene rings is 4. The molecule has 0 fully saturated rings. The third-order valence-corrected chi connectivity index (χ3v) is 7.93. The van der Waals surface area contributed by atoms with Crippen molar-refractivity contribution in [1.82, 2.24) is 0 Å². The van der Waals surface area contributed by atoms with Gasteiger partial charge in [0.1, 0.15) is 0 Å². The molecule has 0 saturated heterocycles. The second-order valence-corrected chi connectivity index (χ2v) is 9.53. The first-order valence-corrected chi connectivity index (χ1v) is 11.9. The third kappa shape index (κ3) is 5.58. The number of hydrogen-bond acceptors (Lipinski definition) is 3. The zero-order valence-corrected chi connectivity index (χ0v) is 21.6. The summed E-state index contributed by atoms with van der Waals surface area (Å²) in [4.78, 5) is 0. The van der Waals surface area contributed by atoms with Gasteiger partial charge in [-0.1, -0.05) is 84.9 Å². The minimum absolute atomic E-state index is 0. The van der Waals surface area contributed by atoms with E-state index in [9.17, 15) is 0 Å². The van der Waals surface area contributed by atoms with Gasteiger partial charge >= 0.3 is 0 Å². The maximum Gasteiger partial charge on any atom is 0.203 e. The van der Waals surface area contributed by atoms with Gasteiger partial charge in [0.2, 0.25) is 5.75 Å². The predicted molar refractivity (Wildman–Crippen MR) is 144 cm³/mol. The summed E-state index contributed by atoms with van der Waals surface area (Å²) in [7, 11) is 4.25. The summed E-state index contributed by atoms with van der Waals surface area (Å²) in [5.41, 5.74) is 2.41. The van der Waals surface area contributed by atoms with E-state index in [0.29, 0.717) is 17.2 Å². The summed E-state index contributed by atoms with van der Waals surface area (Å²) >= 11 is 0. The highest BCUT2D eigenvalue weighted by molar-refractivity contribution is 8.93. The van der Waals surface area contributed by atoms with Crippen LogP contribution in [0.4, 0.5) is 0 Å². The standard InChI is InChI=1S/C28H27O3P.BrH/c1-29-25-19-21(20-26(30-2)28(25)31-3)18-22-12-10-11-17-27(22)32(23-13-6-4-7-14-23)24-15-8-5-9-16-24;/h4-17,19-20H,18H2,1-3H3;1H. The minimum Gasteiger partial charge on any atom is -0.493 e. The molecule has 0 atom stereocenters. The Labute approximate surface area is 207 Å². The lowest BCUT2D eigenvalue weighted by Crippen LogP contribution is -2.23. The maximum atomic E-state index is 5.57. The molecule has 4 aromatic carbocycles. The molecule has 0 unspecified atom stereocenters. The van der Waals surface area contributed by atoms with Crippen LogP contribution in [0.25, 0.3) is 0 Å². The van der Waals surface area contributed by atoms with Crippen LogP contribution in [-0.2, 0) is 6.42 Å². The molecular weight excluding hydrogens is 495 g/mol. The lowest BCUT2D eigenvalue weighted by molar-refractivity contribution is 0.324. The predicted octanol–water partition coefficient (Wildman–Crippen LogP) is 5.64. The Morgan fingerprint density at radius 3 is 1.58 bits per heavy atom. The third-order valence-electron chi connectivity index (χ3n) is 5.38. The molecular formula is C28H28BrO3P. The van der Waals surface area contributed by atoms with Crippen molar-refractivity contribution in [3.63, 3.8) is 0 Å². The van der Waals surface area contributed by atoms with E-state index in [1.807, 2.05) is 12.1 Å². The van der Waals surface area contributed by atoms with Gasteiger partial charge in [-0.3, -0.25) is 0 Å². The Morgan fingerprint density at radius 2 is 1.09 bits per heavy atom. The Balaban J connectivity index is 0.00000306. The average Bonchev–Trinajstić information content (AvgIpc) is 2.86. The van der Waals surface area contributed by atoms with Crippen LogP contribution in [-0.4, -0.2) is 21.3 Å². The van der Waals surface area contributed by atoms with E-state index in [1.54, 1.807) is 21.3 Å². The van der Waals surface area contributed by atoms with Crippen molar-refractivity contribution in [3.8, 4) is 17.2 Å². The van der Waals surface area contributed by atoms with Crippen LogP contribution in [0.15, 0.2) is 97.1 Å². The van der Waals surface area contributed by atoms with Gasteiger partial charge in [0.15, 0.2) is 11.5 Å². The smallest absolute Gasteiger partial charge is 0.203 e. The topological polar surface area (TPSA) is 27.7 Å². The van der Waals surface area contributed by atoms with Crippen LogP contribution in [0.3, 0.4) is 0 Å². The fourth-order valence-corrected chi connectivity index (χ4v) is 6.39. The molecule has 0 heterocycles. The molecule has 0 aliphatic heterocycles. The van der Waals surface area contributed by atoms with E-state index in [4.69, 9.17) is 14.2 Å². The molecule has 0 aliphatic rings. The summed E-state index contributed by atoms with van der Waals surface area (Å²) in [5.74, 6) is 1.96.